The van der Waals surface area contributed by atoms with Crippen molar-refractivity contribution in [2.24, 2.45) is 5.73 Å². The number of nitriles is 1. The number of nitrogens with two attached hydrogens (primary N) is 1. The minimum atomic E-state index is -0.417. The number of ketones is 1. The molecule has 0 radical (unpaired) electrons. The number of nitrogens with zero attached hydrogens (tertiary/aromatic N) is 2. The molecule has 28 heavy (non-hydrogen) atoms. The van der Waals surface area contributed by atoms with E-state index in [2.05, 4.69) is 22.0 Å². The van der Waals surface area contributed by atoms with Crippen LogP contribution in [0.25, 0.3) is 0 Å². The van der Waals surface area contributed by atoms with Crippen molar-refractivity contribution in [3.05, 3.63) is 72.2 Å². The summed E-state index contributed by atoms with van der Waals surface area (Å²) in [7, 11) is 0. The third kappa shape index (κ3) is 2.98. The summed E-state index contributed by atoms with van der Waals surface area (Å²) in [5.41, 5.74) is 10.2. The Kier molecular flexibility index (Phi) is 5.09. The van der Waals surface area contributed by atoms with Crippen LogP contribution in [0.4, 0.5) is 5.69 Å². The lowest BCUT2D eigenvalue weighted by Crippen LogP contribution is -2.38. The summed E-state index contributed by atoms with van der Waals surface area (Å²) in [5, 5.41) is 12.6. The number of halogens is 2. The average Bonchev–Trinajstić information content (AvgIpc) is 3.10. The molecule has 1 atom stereocenters. The molecule has 0 spiro atoms. The van der Waals surface area contributed by atoms with E-state index < -0.39 is 5.92 Å². The fourth-order valence-electron chi connectivity index (χ4n) is 3.96. The Morgan fingerprint density at radius 2 is 2.18 bits per heavy atom. The van der Waals surface area contributed by atoms with Gasteiger partial charge in [-0.05, 0) is 59.5 Å². The maximum absolute atomic E-state index is 13.0. The molecule has 1 aromatic heterocycles. The van der Waals surface area contributed by atoms with Crippen LogP contribution in [0.3, 0.4) is 0 Å². The van der Waals surface area contributed by atoms with E-state index in [9.17, 15) is 10.1 Å². The monoisotopic (exact) mass is 473 g/mol. The number of anilines is 1. The first-order chi connectivity index (χ1) is 13.4. The van der Waals surface area contributed by atoms with E-state index in [4.69, 9.17) is 17.3 Å². The molecule has 0 saturated carbocycles. The molecule has 7 heteroatoms. The molecule has 2 heterocycles. The van der Waals surface area contributed by atoms with Crippen LogP contribution in [0.5, 0.6) is 0 Å². The van der Waals surface area contributed by atoms with Gasteiger partial charge in [0.15, 0.2) is 5.78 Å². The van der Waals surface area contributed by atoms with Gasteiger partial charge in [0.2, 0.25) is 0 Å². The highest BCUT2D eigenvalue weighted by molar-refractivity contribution is 9.10. The van der Waals surface area contributed by atoms with Gasteiger partial charge in [-0.2, -0.15) is 5.26 Å². The second-order valence-electron chi connectivity index (χ2n) is 6.87. The lowest BCUT2D eigenvalue weighted by molar-refractivity contribution is -0.116. The fraction of sp³-hybridized carbons (Fsp3) is 0.238. The molecule has 4 nitrogen and oxygen atoms in total. The summed E-state index contributed by atoms with van der Waals surface area (Å²) in [6.07, 6.45) is 1.99. The van der Waals surface area contributed by atoms with Gasteiger partial charge in [-0.15, -0.1) is 11.3 Å². The number of rotatable bonds is 2. The van der Waals surface area contributed by atoms with Gasteiger partial charge in [-0.3, -0.25) is 9.69 Å². The van der Waals surface area contributed by atoms with E-state index >= 15 is 0 Å². The maximum atomic E-state index is 13.0. The average molecular weight is 475 g/mol. The van der Waals surface area contributed by atoms with E-state index in [1.165, 1.54) is 11.3 Å². The number of Topliss-reactive ketones (excluding diaryl/α,β-unsaturated/α-hetero) is 1. The maximum Gasteiger partial charge on any atom is 0.161 e. The van der Waals surface area contributed by atoms with Crippen molar-refractivity contribution in [1.29, 1.82) is 5.26 Å². The van der Waals surface area contributed by atoms with Crippen molar-refractivity contribution in [3.8, 4) is 6.07 Å². The Morgan fingerprint density at radius 3 is 2.86 bits per heavy atom. The van der Waals surface area contributed by atoms with Crippen molar-refractivity contribution >= 4 is 50.3 Å². The molecule has 2 aromatic rings. The van der Waals surface area contributed by atoms with Crippen LogP contribution >= 0.6 is 38.9 Å². The Bertz CT molecular complexity index is 1100. The molecular formula is C21H17BrClN3OS. The van der Waals surface area contributed by atoms with Crippen molar-refractivity contribution in [3.63, 3.8) is 0 Å². The molecule has 0 amide bonds. The second kappa shape index (κ2) is 7.40. The van der Waals surface area contributed by atoms with Crippen LogP contribution in [-0.2, 0) is 4.79 Å². The summed E-state index contributed by atoms with van der Waals surface area (Å²) in [4.78, 5) is 15.8. The van der Waals surface area contributed by atoms with Crippen LogP contribution in [0.15, 0.2) is 56.8 Å². The summed E-state index contributed by atoms with van der Waals surface area (Å²) in [6, 6.07) is 9.85. The zero-order chi connectivity index (χ0) is 20.0. The molecule has 4 rings (SSSR count). The third-order valence-corrected chi connectivity index (χ3v) is 7.43. The molecule has 1 aromatic carbocycles. The topological polar surface area (TPSA) is 70.1 Å². The lowest BCUT2D eigenvalue weighted by Gasteiger charge is -2.40. The molecule has 1 aliphatic carbocycles. The Hall–Kier alpha value is -2.07. The minimum Gasteiger partial charge on any atom is -0.384 e. The summed E-state index contributed by atoms with van der Waals surface area (Å²) < 4.78 is 0.932. The van der Waals surface area contributed by atoms with Crippen LogP contribution in [0, 0.1) is 18.3 Å². The van der Waals surface area contributed by atoms with Gasteiger partial charge in [0, 0.05) is 37.4 Å². The standard InChI is InChI=1S/C21H17BrClN3OS/c1-11-14(23)4-2-5-15(11)26-16-6-3-7-17(27)20(16)19(13(9-24)21(26)25)18-8-12(22)10-28-18/h2,4-5,8,10,19H,3,6-7,25H2,1H3. The molecule has 1 aliphatic heterocycles. The van der Waals surface area contributed by atoms with Crippen LogP contribution < -0.4 is 10.6 Å². The highest BCUT2D eigenvalue weighted by Crippen LogP contribution is 2.48. The summed E-state index contributed by atoms with van der Waals surface area (Å²) >= 11 is 11.4. The van der Waals surface area contributed by atoms with E-state index in [-0.39, 0.29) is 5.78 Å². The first-order valence-corrected chi connectivity index (χ1v) is 10.9. The van der Waals surface area contributed by atoms with Gasteiger partial charge in [0.05, 0.1) is 23.2 Å². The zero-order valence-electron chi connectivity index (χ0n) is 15.1. The van der Waals surface area contributed by atoms with Crippen LogP contribution in [0.1, 0.15) is 35.6 Å². The number of benzene rings is 1. The van der Waals surface area contributed by atoms with Gasteiger partial charge in [0.25, 0.3) is 0 Å². The van der Waals surface area contributed by atoms with Crippen molar-refractivity contribution in [2.75, 3.05) is 4.90 Å². The first-order valence-electron chi connectivity index (χ1n) is 8.89. The predicted molar refractivity (Wildman–Crippen MR) is 116 cm³/mol. The second-order valence-corrected chi connectivity index (χ2v) is 9.13. The largest absolute Gasteiger partial charge is 0.384 e. The minimum absolute atomic E-state index is 0.0840. The molecule has 2 N–H and O–H groups in total. The van der Waals surface area contributed by atoms with Gasteiger partial charge in [-0.1, -0.05) is 17.7 Å². The molecule has 0 saturated heterocycles. The van der Waals surface area contributed by atoms with Crippen molar-refractivity contribution in [2.45, 2.75) is 32.1 Å². The molecule has 2 aliphatic rings. The molecule has 0 bridgehead atoms. The van der Waals surface area contributed by atoms with Crippen molar-refractivity contribution in [1.82, 2.24) is 0 Å². The van der Waals surface area contributed by atoms with E-state index in [0.29, 0.717) is 28.4 Å². The van der Waals surface area contributed by atoms with Gasteiger partial charge < -0.3 is 5.73 Å². The smallest absolute Gasteiger partial charge is 0.161 e. The summed E-state index contributed by atoms with van der Waals surface area (Å²) in [6.45, 7) is 1.92. The van der Waals surface area contributed by atoms with Crippen LogP contribution in [-0.4, -0.2) is 5.78 Å². The number of thiophene rings is 1. The number of carbonyl (C=O) groups excluding carboxylic acids is 1. The Morgan fingerprint density at radius 1 is 1.39 bits per heavy atom. The highest BCUT2D eigenvalue weighted by Gasteiger charge is 2.41. The van der Waals surface area contributed by atoms with Crippen molar-refractivity contribution < 1.29 is 4.79 Å². The first kappa shape index (κ1) is 19.3. The predicted octanol–water partition coefficient (Wildman–Crippen LogP) is 5.78. The van der Waals surface area contributed by atoms with Gasteiger partial charge >= 0.3 is 0 Å². The molecular weight excluding hydrogens is 458 g/mol. The Labute approximate surface area is 181 Å². The van der Waals surface area contributed by atoms with Gasteiger partial charge in [-0.25, -0.2) is 0 Å². The number of carbonyl (C=O) groups is 1. The summed E-state index contributed by atoms with van der Waals surface area (Å²) in [5.74, 6) is 0.0383. The van der Waals surface area contributed by atoms with E-state index in [0.717, 1.165) is 39.1 Å². The quantitative estimate of drug-likeness (QED) is 0.599. The van der Waals surface area contributed by atoms with E-state index in [1.54, 1.807) is 0 Å². The zero-order valence-corrected chi connectivity index (χ0v) is 18.3. The number of allylic oxidation sites excluding steroid dienone is 3. The highest BCUT2D eigenvalue weighted by atomic mass is 79.9. The fourth-order valence-corrected chi connectivity index (χ4v) is 5.70. The lowest BCUT2D eigenvalue weighted by atomic mass is 9.78. The SMILES string of the molecule is Cc1c(Cl)cccc1N1C(N)=C(C#N)C(c2cc(Br)cs2)C2=C1CCCC2=O. The van der Waals surface area contributed by atoms with E-state index in [1.807, 2.05) is 41.5 Å². The molecule has 0 fully saturated rings. The van der Waals surface area contributed by atoms with Gasteiger partial charge in [0.1, 0.15) is 5.82 Å². The molecule has 142 valence electrons. The third-order valence-electron chi connectivity index (χ3n) is 5.27. The number of hydrogen-bond donors (Lipinski definition) is 1. The normalized spacial score (nSPS) is 19.7. The van der Waals surface area contributed by atoms with Crippen LogP contribution in [0.2, 0.25) is 5.02 Å². The Balaban J connectivity index is 2.00. The molecule has 1 unspecified atom stereocenters. The number of hydrogen-bond acceptors (Lipinski definition) is 5.